The minimum Gasteiger partial charge on any atom is -0.467 e. The Labute approximate surface area is 100 Å². The van der Waals surface area contributed by atoms with Gasteiger partial charge in [0, 0.05) is 6.04 Å². The van der Waals surface area contributed by atoms with Crippen molar-refractivity contribution >= 4 is 11.9 Å². The second-order valence-corrected chi connectivity index (χ2v) is 4.34. The Hall–Kier alpha value is -1.63. The maximum absolute atomic E-state index is 5.28. The second-order valence-electron chi connectivity index (χ2n) is 4.34. The van der Waals surface area contributed by atoms with E-state index < -0.39 is 0 Å². The Bertz CT molecular complexity index is 359. The number of ether oxygens (including phenoxy) is 1. The van der Waals surface area contributed by atoms with Crippen LogP contribution in [0.5, 0.6) is 6.01 Å². The average molecular weight is 238 g/mol. The lowest BCUT2D eigenvalue weighted by Crippen LogP contribution is -2.20. The van der Waals surface area contributed by atoms with E-state index in [1.54, 1.807) is 0 Å². The van der Waals surface area contributed by atoms with Gasteiger partial charge in [-0.3, -0.25) is 5.43 Å². The molecule has 1 saturated carbocycles. The predicted molar refractivity (Wildman–Crippen MR) is 64.6 cm³/mol. The Morgan fingerprint density at radius 3 is 2.65 bits per heavy atom. The van der Waals surface area contributed by atoms with Crippen LogP contribution in [-0.4, -0.2) is 28.1 Å². The van der Waals surface area contributed by atoms with E-state index in [0.717, 1.165) is 12.3 Å². The highest BCUT2D eigenvalue weighted by Crippen LogP contribution is 2.33. The summed E-state index contributed by atoms with van der Waals surface area (Å²) in [5.41, 5.74) is 2.39. The van der Waals surface area contributed by atoms with Crippen molar-refractivity contribution in [2.24, 2.45) is 11.8 Å². The Kier molecular flexibility index (Phi) is 3.58. The van der Waals surface area contributed by atoms with E-state index in [0.29, 0.717) is 12.0 Å². The average Bonchev–Trinajstić information content (AvgIpc) is 3.12. The van der Waals surface area contributed by atoms with Gasteiger partial charge in [-0.1, -0.05) is 12.8 Å². The largest absolute Gasteiger partial charge is 0.467 e. The molecule has 7 heteroatoms. The normalized spacial score (nSPS) is 16.4. The first-order valence-electron chi connectivity index (χ1n) is 5.74. The first-order valence-corrected chi connectivity index (χ1v) is 5.74. The summed E-state index contributed by atoms with van der Waals surface area (Å²) in [6.45, 7) is 2.12. The van der Waals surface area contributed by atoms with E-state index in [2.05, 4.69) is 32.6 Å². The fourth-order valence-electron chi connectivity index (χ4n) is 1.71. The van der Waals surface area contributed by atoms with E-state index in [1.165, 1.54) is 20.0 Å². The molecule has 0 aromatic carbocycles. The van der Waals surface area contributed by atoms with Crippen molar-refractivity contribution < 1.29 is 4.74 Å². The van der Waals surface area contributed by atoms with Gasteiger partial charge in [0.05, 0.1) is 7.11 Å². The minimum absolute atomic E-state index is 0.245. The standard InChI is InChI=1S/C10H18N6O/c1-6(5-7-3-4-7)12-8-13-9(16-11)15-10(14-8)17-2/h6-7H,3-5,11H2,1-2H3,(H2,12,13,14,15,16). The fourth-order valence-corrected chi connectivity index (χ4v) is 1.71. The third-order valence-electron chi connectivity index (χ3n) is 2.69. The monoisotopic (exact) mass is 238 g/mol. The van der Waals surface area contributed by atoms with Gasteiger partial charge in [0.1, 0.15) is 0 Å². The van der Waals surface area contributed by atoms with E-state index in [9.17, 15) is 0 Å². The molecule has 1 aliphatic rings. The van der Waals surface area contributed by atoms with Gasteiger partial charge in [0.15, 0.2) is 0 Å². The van der Waals surface area contributed by atoms with Gasteiger partial charge in [-0.25, -0.2) is 5.84 Å². The van der Waals surface area contributed by atoms with Crippen LogP contribution in [0.4, 0.5) is 11.9 Å². The summed E-state index contributed by atoms with van der Waals surface area (Å²) in [4.78, 5) is 12.2. The quantitative estimate of drug-likeness (QED) is 0.497. The molecule has 0 aliphatic heterocycles. The lowest BCUT2D eigenvalue weighted by molar-refractivity contribution is 0.379. The number of rotatable bonds is 6. The number of nitrogens with two attached hydrogens (primary N) is 1. The zero-order chi connectivity index (χ0) is 12.3. The molecule has 0 saturated heterocycles. The number of nitrogen functional groups attached to an aromatic ring is 1. The van der Waals surface area contributed by atoms with Crippen molar-refractivity contribution in [2.45, 2.75) is 32.2 Å². The van der Waals surface area contributed by atoms with Gasteiger partial charge in [0.25, 0.3) is 0 Å². The summed E-state index contributed by atoms with van der Waals surface area (Å²) in [6, 6.07) is 0.578. The second kappa shape index (κ2) is 5.13. The molecule has 7 nitrogen and oxygen atoms in total. The fraction of sp³-hybridized carbons (Fsp3) is 0.700. The molecule has 1 unspecified atom stereocenters. The first-order chi connectivity index (χ1) is 8.21. The smallest absolute Gasteiger partial charge is 0.322 e. The predicted octanol–water partition coefficient (Wildman–Crippen LogP) is 0.766. The highest BCUT2D eigenvalue weighted by molar-refractivity contribution is 5.35. The van der Waals surface area contributed by atoms with Crippen LogP contribution in [0.2, 0.25) is 0 Å². The molecule has 1 atom stereocenters. The number of methoxy groups -OCH3 is 1. The number of nitrogens with zero attached hydrogens (tertiary/aromatic N) is 3. The van der Waals surface area contributed by atoms with Crippen LogP contribution in [0, 0.1) is 5.92 Å². The van der Waals surface area contributed by atoms with Crippen molar-refractivity contribution in [3.63, 3.8) is 0 Å². The third kappa shape index (κ3) is 3.42. The Morgan fingerprint density at radius 2 is 2.06 bits per heavy atom. The lowest BCUT2D eigenvalue weighted by atomic mass is 10.2. The maximum Gasteiger partial charge on any atom is 0.322 e. The zero-order valence-corrected chi connectivity index (χ0v) is 10.1. The van der Waals surface area contributed by atoms with Crippen LogP contribution < -0.4 is 21.3 Å². The molecule has 0 radical (unpaired) electrons. The molecular formula is C10H18N6O. The maximum atomic E-state index is 5.28. The molecule has 0 amide bonds. The topological polar surface area (TPSA) is 98.0 Å². The molecule has 1 aliphatic carbocycles. The molecule has 1 heterocycles. The van der Waals surface area contributed by atoms with Gasteiger partial charge in [-0.05, 0) is 19.3 Å². The minimum atomic E-state index is 0.245. The van der Waals surface area contributed by atoms with Gasteiger partial charge >= 0.3 is 6.01 Å². The van der Waals surface area contributed by atoms with E-state index in [1.807, 2.05) is 0 Å². The van der Waals surface area contributed by atoms with Gasteiger partial charge in [-0.15, -0.1) is 0 Å². The molecule has 94 valence electrons. The summed E-state index contributed by atoms with van der Waals surface area (Å²) in [5.74, 6) is 6.91. The number of hydrazine groups is 1. The summed E-state index contributed by atoms with van der Waals surface area (Å²) < 4.78 is 4.97. The van der Waals surface area contributed by atoms with Gasteiger partial charge in [0.2, 0.25) is 11.9 Å². The number of anilines is 2. The van der Waals surface area contributed by atoms with Crippen LogP contribution in [0.3, 0.4) is 0 Å². The van der Waals surface area contributed by atoms with Crippen LogP contribution in [-0.2, 0) is 0 Å². The summed E-state index contributed by atoms with van der Waals surface area (Å²) in [5, 5.41) is 3.22. The molecule has 0 bridgehead atoms. The summed E-state index contributed by atoms with van der Waals surface area (Å²) in [6.07, 6.45) is 3.81. The summed E-state index contributed by atoms with van der Waals surface area (Å²) in [7, 11) is 1.51. The van der Waals surface area contributed by atoms with Crippen molar-refractivity contribution in [3.05, 3.63) is 0 Å². The van der Waals surface area contributed by atoms with E-state index in [4.69, 9.17) is 10.6 Å². The molecule has 17 heavy (non-hydrogen) atoms. The molecular weight excluding hydrogens is 220 g/mol. The van der Waals surface area contributed by atoms with E-state index in [-0.39, 0.29) is 12.0 Å². The Balaban J connectivity index is 2.02. The Morgan fingerprint density at radius 1 is 1.35 bits per heavy atom. The molecule has 4 N–H and O–H groups in total. The highest BCUT2D eigenvalue weighted by atomic mass is 16.5. The first kappa shape index (κ1) is 11.8. The molecule has 1 aromatic heterocycles. The van der Waals surface area contributed by atoms with Crippen LogP contribution in [0.1, 0.15) is 26.2 Å². The van der Waals surface area contributed by atoms with Crippen molar-refractivity contribution in [2.75, 3.05) is 17.9 Å². The molecule has 0 spiro atoms. The number of hydrogen-bond donors (Lipinski definition) is 3. The van der Waals surface area contributed by atoms with Gasteiger partial charge in [-0.2, -0.15) is 15.0 Å². The summed E-state index contributed by atoms with van der Waals surface area (Å²) >= 11 is 0. The van der Waals surface area contributed by atoms with Gasteiger partial charge < -0.3 is 10.1 Å². The number of aromatic nitrogens is 3. The van der Waals surface area contributed by atoms with Crippen LogP contribution >= 0.6 is 0 Å². The molecule has 1 aromatic rings. The number of nitrogens with one attached hydrogen (secondary N) is 2. The van der Waals surface area contributed by atoms with Crippen LogP contribution in [0.15, 0.2) is 0 Å². The molecule has 1 fully saturated rings. The van der Waals surface area contributed by atoms with Crippen LogP contribution in [0.25, 0.3) is 0 Å². The lowest BCUT2D eigenvalue weighted by Gasteiger charge is -2.13. The third-order valence-corrected chi connectivity index (χ3v) is 2.69. The molecule has 2 rings (SSSR count). The van der Waals surface area contributed by atoms with E-state index >= 15 is 0 Å². The zero-order valence-electron chi connectivity index (χ0n) is 10.1. The number of hydrogen-bond acceptors (Lipinski definition) is 7. The van der Waals surface area contributed by atoms with Crippen molar-refractivity contribution in [1.29, 1.82) is 0 Å². The van der Waals surface area contributed by atoms with Crippen molar-refractivity contribution in [3.8, 4) is 6.01 Å². The highest BCUT2D eigenvalue weighted by Gasteiger charge is 2.23. The SMILES string of the molecule is COc1nc(NN)nc(NC(C)CC2CC2)n1. The van der Waals surface area contributed by atoms with Crippen molar-refractivity contribution in [1.82, 2.24) is 15.0 Å².